The van der Waals surface area contributed by atoms with Crippen LogP contribution in [0.25, 0.3) is 10.1 Å². The summed E-state index contributed by atoms with van der Waals surface area (Å²) in [7, 11) is 2.10. The number of rotatable bonds is 1. The minimum atomic E-state index is 0.0656. The zero-order chi connectivity index (χ0) is 15.0. The van der Waals surface area contributed by atoms with Crippen LogP contribution in [-0.4, -0.2) is 48.9 Å². The average Bonchev–Trinajstić information content (AvgIpc) is 2.65. The minimum absolute atomic E-state index is 0.0656. The number of benzene rings is 1. The van der Waals surface area contributed by atoms with Crippen LogP contribution in [0, 0.1) is 0 Å². The lowest BCUT2D eigenvalue weighted by Gasteiger charge is -2.20. The van der Waals surface area contributed by atoms with Crippen molar-refractivity contribution in [2.24, 2.45) is 0 Å². The molecule has 0 unspecified atom stereocenters. The van der Waals surface area contributed by atoms with Crippen LogP contribution in [0.2, 0.25) is 0 Å². The van der Waals surface area contributed by atoms with Gasteiger partial charge in [-0.3, -0.25) is 4.79 Å². The van der Waals surface area contributed by atoms with Gasteiger partial charge in [0.05, 0.1) is 5.69 Å². The molecule has 2 N–H and O–H groups in total. The Labute approximate surface area is 136 Å². The lowest BCUT2D eigenvalue weighted by Crippen LogP contribution is -2.34. The van der Waals surface area contributed by atoms with Crippen LogP contribution in [-0.2, 0) is 0 Å². The molecule has 0 bridgehead atoms. The number of carbonyl (C=O) groups excluding carboxylic acids is 1. The molecule has 2 aromatic rings. The van der Waals surface area contributed by atoms with Crippen molar-refractivity contribution in [3.05, 3.63) is 27.5 Å². The van der Waals surface area contributed by atoms with Gasteiger partial charge in [-0.25, -0.2) is 0 Å². The van der Waals surface area contributed by atoms with Crippen molar-refractivity contribution in [1.82, 2.24) is 9.80 Å². The highest BCUT2D eigenvalue weighted by Gasteiger charge is 2.24. The van der Waals surface area contributed by atoms with Gasteiger partial charge < -0.3 is 15.5 Å². The summed E-state index contributed by atoms with van der Waals surface area (Å²) in [5.74, 6) is 0.0656. The number of halogens is 1. The van der Waals surface area contributed by atoms with E-state index in [1.165, 1.54) is 11.3 Å². The van der Waals surface area contributed by atoms with Gasteiger partial charge in [-0.2, -0.15) is 0 Å². The number of thiophene rings is 1. The first-order valence-corrected chi connectivity index (χ1v) is 8.63. The number of hydrogen-bond donors (Lipinski definition) is 1. The number of hydrogen-bond acceptors (Lipinski definition) is 4. The van der Waals surface area contributed by atoms with Crippen LogP contribution in [0.4, 0.5) is 5.69 Å². The van der Waals surface area contributed by atoms with Crippen LogP contribution in [0.3, 0.4) is 0 Å². The van der Waals surface area contributed by atoms with Gasteiger partial charge in [-0.15, -0.1) is 11.3 Å². The van der Waals surface area contributed by atoms with Crippen molar-refractivity contribution in [1.29, 1.82) is 0 Å². The van der Waals surface area contributed by atoms with Gasteiger partial charge in [-0.05, 0) is 32.1 Å². The Hall–Kier alpha value is -1.11. The smallest absolute Gasteiger partial charge is 0.266 e. The van der Waals surface area contributed by atoms with Crippen LogP contribution in [0.15, 0.2) is 22.7 Å². The molecule has 1 aliphatic rings. The topological polar surface area (TPSA) is 49.6 Å². The lowest BCUT2D eigenvalue weighted by atomic mass is 10.2. The predicted molar refractivity (Wildman–Crippen MR) is 92.0 cm³/mol. The average molecular weight is 368 g/mol. The van der Waals surface area contributed by atoms with Crippen molar-refractivity contribution in [2.45, 2.75) is 6.42 Å². The van der Waals surface area contributed by atoms with Gasteiger partial charge in [0.25, 0.3) is 5.91 Å². The van der Waals surface area contributed by atoms with E-state index in [-0.39, 0.29) is 5.91 Å². The van der Waals surface area contributed by atoms with E-state index >= 15 is 0 Å². The molecule has 0 spiro atoms. The standard InChI is InChI=1S/C15H18BrN3OS/c1-18-6-3-7-19(9-8-18)15(20)14-13(17)12-10(16)4-2-5-11(12)21-14/h2,4-5H,3,6-9,17H2,1H3. The summed E-state index contributed by atoms with van der Waals surface area (Å²) in [6.07, 6.45) is 1.01. The van der Waals surface area contributed by atoms with Crippen molar-refractivity contribution < 1.29 is 4.79 Å². The van der Waals surface area contributed by atoms with Gasteiger partial charge in [0, 0.05) is 34.2 Å². The molecule has 0 aliphatic carbocycles. The zero-order valence-electron chi connectivity index (χ0n) is 11.9. The Balaban J connectivity index is 1.94. The predicted octanol–water partition coefficient (Wildman–Crippen LogP) is 3.02. The Morgan fingerprint density at radius 3 is 2.86 bits per heavy atom. The van der Waals surface area contributed by atoms with Crippen LogP contribution in [0.5, 0.6) is 0 Å². The van der Waals surface area contributed by atoms with Crippen molar-refractivity contribution in [2.75, 3.05) is 39.0 Å². The number of fused-ring (bicyclic) bond motifs is 1. The molecule has 6 heteroatoms. The third-order valence-electron chi connectivity index (χ3n) is 3.90. The van der Waals surface area contributed by atoms with E-state index in [2.05, 4.69) is 27.9 Å². The SMILES string of the molecule is CN1CCCN(C(=O)c2sc3cccc(Br)c3c2N)CC1. The second kappa shape index (κ2) is 5.94. The van der Waals surface area contributed by atoms with E-state index in [1.807, 2.05) is 23.1 Å². The van der Waals surface area contributed by atoms with Gasteiger partial charge in [-0.1, -0.05) is 22.0 Å². The molecule has 1 aromatic heterocycles. The molecule has 0 saturated carbocycles. The fourth-order valence-electron chi connectivity index (χ4n) is 2.68. The molecule has 0 atom stereocenters. The van der Waals surface area contributed by atoms with Gasteiger partial charge >= 0.3 is 0 Å². The zero-order valence-corrected chi connectivity index (χ0v) is 14.3. The summed E-state index contributed by atoms with van der Waals surface area (Å²) in [6, 6.07) is 5.94. The Kier molecular flexibility index (Phi) is 4.19. The monoisotopic (exact) mass is 367 g/mol. The molecule has 3 rings (SSSR count). The van der Waals surface area contributed by atoms with Gasteiger partial charge in [0.15, 0.2) is 0 Å². The summed E-state index contributed by atoms with van der Waals surface area (Å²) in [5.41, 5.74) is 6.84. The largest absolute Gasteiger partial charge is 0.397 e. The third kappa shape index (κ3) is 2.80. The molecule has 1 fully saturated rings. The van der Waals surface area contributed by atoms with Gasteiger partial charge in [0.2, 0.25) is 0 Å². The molecule has 4 nitrogen and oxygen atoms in total. The lowest BCUT2D eigenvalue weighted by molar-refractivity contribution is 0.0768. The first kappa shape index (κ1) is 14.8. The van der Waals surface area contributed by atoms with Crippen molar-refractivity contribution in [3.8, 4) is 0 Å². The normalized spacial score (nSPS) is 17.1. The second-order valence-electron chi connectivity index (χ2n) is 5.41. The fourth-order valence-corrected chi connectivity index (χ4v) is 4.51. The highest BCUT2D eigenvalue weighted by atomic mass is 79.9. The molecule has 1 aliphatic heterocycles. The van der Waals surface area contributed by atoms with E-state index in [4.69, 9.17) is 5.73 Å². The number of nitrogens with two attached hydrogens (primary N) is 1. The van der Waals surface area contributed by atoms with E-state index in [1.54, 1.807) is 0 Å². The number of carbonyl (C=O) groups is 1. The van der Waals surface area contributed by atoms with E-state index in [9.17, 15) is 4.79 Å². The van der Waals surface area contributed by atoms with Crippen molar-refractivity contribution >= 4 is 48.9 Å². The van der Waals surface area contributed by atoms with Crippen LogP contribution < -0.4 is 5.73 Å². The fraction of sp³-hybridized carbons (Fsp3) is 0.400. The summed E-state index contributed by atoms with van der Waals surface area (Å²) in [5, 5.41) is 0.956. The number of amides is 1. The second-order valence-corrected chi connectivity index (χ2v) is 7.31. The molecule has 1 amide bonds. The first-order chi connectivity index (χ1) is 10.1. The maximum Gasteiger partial charge on any atom is 0.266 e. The summed E-state index contributed by atoms with van der Waals surface area (Å²) < 4.78 is 2.00. The minimum Gasteiger partial charge on any atom is -0.397 e. The molecule has 2 heterocycles. The molecule has 21 heavy (non-hydrogen) atoms. The molecule has 112 valence electrons. The third-order valence-corrected chi connectivity index (χ3v) is 5.72. The number of nitrogen functional groups attached to an aromatic ring is 1. The maximum atomic E-state index is 12.8. The highest BCUT2D eigenvalue weighted by molar-refractivity contribution is 9.10. The first-order valence-electron chi connectivity index (χ1n) is 7.02. The van der Waals surface area contributed by atoms with Crippen LogP contribution >= 0.6 is 27.3 Å². The van der Waals surface area contributed by atoms with E-state index in [0.717, 1.165) is 47.2 Å². The maximum absolute atomic E-state index is 12.8. The van der Waals surface area contributed by atoms with Crippen LogP contribution in [0.1, 0.15) is 16.1 Å². The Morgan fingerprint density at radius 1 is 1.29 bits per heavy atom. The van der Waals surface area contributed by atoms with E-state index < -0.39 is 0 Å². The van der Waals surface area contributed by atoms with Gasteiger partial charge in [0.1, 0.15) is 4.88 Å². The van der Waals surface area contributed by atoms with E-state index in [0.29, 0.717) is 10.6 Å². The molecular weight excluding hydrogens is 350 g/mol. The quantitative estimate of drug-likeness (QED) is 0.842. The molecule has 0 radical (unpaired) electrons. The highest BCUT2D eigenvalue weighted by Crippen LogP contribution is 2.38. The summed E-state index contributed by atoms with van der Waals surface area (Å²) >= 11 is 5.01. The summed E-state index contributed by atoms with van der Waals surface area (Å²) in [6.45, 7) is 3.53. The molecule has 1 aromatic carbocycles. The molecule has 1 saturated heterocycles. The number of nitrogens with zero attached hydrogens (tertiary/aromatic N) is 2. The van der Waals surface area contributed by atoms with Crippen molar-refractivity contribution in [3.63, 3.8) is 0 Å². The Morgan fingerprint density at radius 2 is 2.10 bits per heavy atom. The summed E-state index contributed by atoms with van der Waals surface area (Å²) in [4.78, 5) is 17.6. The Bertz CT molecular complexity index is 685. The molecular formula is C15H18BrN3OS. The number of anilines is 1. The number of likely N-dealkylation sites (N-methyl/N-ethyl adjacent to an activating group) is 1.